The number of hydrogen-bond acceptors (Lipinski definition) is 1. The lowest BCUT2D eigenvalue weighted by atomic mass is 10.0. The summed E-state index contributed by atoms with van der Waals surface area (Å²) in [6, 6.07) is 14.9. The average Bonchev–Trinajstić information content (AvgIpc) is 2.79. The van der Waals surface area contributed by atoms with Gasteiger partial charge in [-0.15, -0.1) is 0 Å². The maximum Gasteiger partial charge on any atom is 0.270 e. The predicted molar refractivity (Wildman–Crippen MR) is 102 cm³/mol. The molecule has 3 nitrogen and oxygen atoms in total. The molecule has 0 saturated carbocycles. The molecule has 1 aliphatic heterocycles. The Morgan fingerprint density at radius 3 is 2.60 bits per heavy atom. The minimum atomic E-state index is 0.150. The monoisotopic (exact) mass is 332 g/mol. The van der Waals surface area contributed by atoms with E-state index in [1.807, 2.05) is 18.0 Å². The molecule has 0 N–H and O–H groups in total. The highest BCUT2D eigenvalue weighted by Gasteiger charge is 2.28. The molecule has 128 valence electrons. The van der Waals surface area contributed by atoms with Gasteiger partial charge in [0.15, 0.2) is 0 Å². The van der Waals surface area contributed by atoms with Crippen LogP contribution < -0.4 is 0 Å². The maximum absolute atomic E-state index is 13.1. The van der Waals surface area contributed by atoms with Crippen molar-refractivity contribution in [3.05, 3.63) is 70.4 Å². The highest BCUT2D eigenvalue weighted by molar-refractivity contribution is 6.03. The Morgan fingerprint density at radius 1 is 1.08 bits per heavy atom. The predicted octanol–water partition coefficient (Wildman–Crippen LogP) is 4.32. The van der Waals surface area contributed by atoms with Crippen molar-refractivity contribution >= 4 is 16.8 Å². The Kier molecular flexibility index (Phi) is 3.87. The molecule has 0 radical (unpaired) electrons. The minimum Gasteiger partial charge on any atom is -0.340 e. The highest BCUT2D eigenvalue weighted by atomic mass is 16.2. The van der Waals surface area contributed by atoms with Crippen LogP contribution in [0.3, 0.4) is 0 Å². The Balaban J connectivity index is 2.02. The van der Waals surface area contributed by atoms with E-state index in [0.717, 1.165) is 31.6 Å². The van der Waals surface area contributed by atoms with Crippen molar-refractivity contribution in [1.82, 2.24) is 9.47 Å². The van der Waals surface area contributed by atoms with E-state index >= 15 is 0 Å². The smallest absolute Gasteiger partial charge is 0.270 e. The first kappa shape index (κ1) is 15.9. The molecule has 4 rings (SSSR count). The fourth-order valence-electron chi connectivity index (χ4n) is 4.15. The van der Waals surface area contributed by atoms with Crippen LogP contribution in [0.1, 0.15) is 39.2 Å². The summed E-state index contributed by atoms with van der Waals surface area (Å²) in [7, 11) is 1.92. The van der Waals surface area contributed by atoms with Crippen molar-refractivity contribution in [2.75, 3.05) is 13.6 Å². The Labute approximate surface area is 148 Å². The van der Waals surface area contributed by atoms with Gasteiger partial charge in [-0.05, 0) is 49.4 Å². The number of carbonyl (C=O) groups is 1. The first-order chi connectivity index (χ1) is 12.1. The van der Waals surface area contributed by atoms with E-state index in [0.29, 0.717) is 0 Å². The van der Waals surface area contributed by atoms with E-state index in [2.05, 4.69) is 54.8 Å². The van der Waals surface area contributed by atoms with Crippen molar-refractivity contribution in [2.24, 2.45) is 0 Å². The third-order valence-corrected chi connectivity index (χ3v) is 5.25. The third kappa shape index (κ3) is 2.64. The molecule has 3 aromatic rings. The van der Waals surface area contributed by atoms with Crippen LogP contribution in [0, 0.1) is 13.8 Å². The molecule has 2 aromatic carbocycles. The van der Waals surface area contributed by atoms with Crippen LogP contribution in [0.5, 0.6) is 0 Å². The summed E-state index contributed by atoms with van der Waals surface area (Å²) >= 11 is 0. The molecular weight excluding hydrogens is 308 g/mol. The van der Waals surface area contributed by atoms with Crippen LogP contribution in [0.25, 0.3) is 10.9 Å². The van der Waals surface area contributed by atoms with Crippen LogP contribution in [-0.4, -0.2) is 29.0 Å². The molecule has 0 saturated heterocycles. The van der Waals surface area contributed by atoms with Crippen molar-refractivity contribution in [1.29, 1.82) is 0 Å². The molecule has 1 aliphatic rings. The quantitative estimate of drug-likeness (QED) is 0.686. The van der Waals surface area contributed by atoms with E-state index < -0.39 is 0 Å². The number of nitrogens with zero attached hydrogens (tertiary/aromatic N) is 2. The first-order valence-electron chi connectivity index (χ1n) is 8.98. The van der Waals surface area contributed by atoms with Crippen LogP contribution in [0.15, 0.2) is 42.5 Å². The van der Waals surface area contributed by atoms with Crippen molar-refractivity contribution in [2.45, 2.75) is 33.2 Å². The molecule has 1 amide bonds. The fraction of sp³-hybridized carbons (Fsp3) is 0.318. The van der Waals surface area contributed by atoms with Crippen molar-refractivity contribution in [3.63, 3.8) is 0 Å². The summed E-state index contributed by atoms with van der Waals surface area (Å²) < 4.78 is 2.25. The van der Waals surface area contributed by atoms with Gasteiger partial charge in [0.25, 0.3) is 5.91 Å². The molecule has 0 aliphatic carbocycles. The van der Waals surface area contributed by atoms with Gasteiger partial charge in [-0.3, -0.25) is 4.79 Å². The van der Waals surface area contributed by atoms with Gasteiger partial charge in [-0.2, -0.15) is 0 Å². The highest BCUT2D eigenvalue weighted by Crippen LogP contribution is 2.33. The summed E-state index contributed by atoms with van der Waals surface area (Å²) in [5, 5.41) is 1.26. The number of carbonyl (C=O) groups excluding carboxylic acids is 1. The van der Waals surface area contributed by atoms with Gasteiger partial charge >= 0.3 is 0 Å². The second kappa shape index (κ2) is 6.07. The SMILES string of the molecule is Cc1cc(C)c2c(c1)c1c(n2Cc2ccccc2)C(=O)N(C)CCC1. The molecule has 0 atom stereocenters. The summed E-state index contributed by atoms with van der Waals surface area (Å²) in [5.41, 5.74) is 7.05. The van der Waals surface area contributed by atoms with Gasteiger partial charge in [0.2, 0.25) is 0 Å². The van der Waals surface area contributed by atoms with Crippen LogP contribution in [0.2, 0.25) is 0 Å². The van der Waals surface area contributed by atoms with Crippen molar-refractivity contribution in [3.8, 4) is 0 Å². The number of aromatic nitrogens is 1. The van der Waals surface area contributed by atoms with Crippen molar-refractivity contribution < 1.29 is 4.79 Å². The van der Waals surface area contributed by atoms with E-state index in [1.54, 1.807) is 0 Å². The summed E-state index contributed by atoms with van der Waals surface area (Å²) in [6.07, 6.45) is 1.99. The molecule has 0 bridgehead atoms. The van der Waals surface area contributed by atoms with E-state index in [4.69, 9.17) is 0 Å². The third-order valence-electron chi connectivity index (χ3n) is 5.25. The zero-order chi connectivity index (χ0) is 17.6. The van der Waals surface area contributed by atoms with Gasteiger partial charge in [0, 0.05) is 25.5 Å². The van der Waals surface area contributed by atoms with Crippen LogP contribution in [0.4, 0.5) is 0 Å². The van der Waals surface area contributed by atoms with Gasteiger partial charge < -0.3 is 9.47 Å². The Hall–Kier alpha value is -2.55. The van der Waals surface area contributed by atoms with Crippen LogP contribution in [-0.2, 0) is 13.0 Å². The number of rotatable bonds is 2. The number of hydrogen-bond donors (Lipinski definition) is 0. The topological polar surface area (TPSA) is 25.2 Å². The van der Waals surface area contributed by atoms with Crippen LogP contribution >= 0.6 is 0 Å². The molecular formula is C22H24N2O. The number of benzene rings is 2. The Bertz CT molecular complexity index is 953. The normalized spacial score (nSPS) is 14.7. The second-order valence-electron chi connectivity index (χ2n) is 7.21. The maximum atomic E-state index is 13.1. The fourth-order valence-corrected chi connectivity index (χ4v) is 4.15. The zero-order valence-electron chi connectivity index (χ0n) is 15.2. The van der Waals surface area contributed by atoms with Gasteiger partial charge in [-0.1, -0.05) is 42.0 Å². The lowest BCUT2D eigenvalue weighted by molar-refractivity contribution is 0.0790. The summed E-state index contributed by atoms with van der Waals surface area (Å²) in [4.78, 5) is 15.0. The lowest BCUT2D eigenvalue weighted by Gasteiger charge is -2.17. The Morgan fingerprint density at radius 2 is 1.84 bits per heavy atom. The number of amides is 1. The van der Waals surface area contributed by atoms with Gasteiger partial charge in [-0.25, -0.2) is 0 Å². The molecule has 0 fully saturated rings. The molecule has 0 spiro atoms. The van der Waals surface area contributed by atoms with E-state index in [1.165, 1.54) is 33.2 Å². The minimum absolute atomic E-state index is 0.150. The number of aryl methyl sites for hydroxylation is 3. The van der Waals surface area contributed by atoms with E-state index in [9.17, 15) is 4.79 Å². The standard InChI is InChI=1S/C22H24N2O/c1-15-12-16(2)20-19(13-15)18-10-7-11-23(3)22(25)21(18)24(20)14-17-8-5-4-6-9-17/h4-6,8-9,12-13H,7,10-11,14H2,1-3H3. The molecule has 25 heavy (non-hydrogen) atoms. The summed E-state index contributed by atoms with van der Waals surface area (Å²) in [5.74, 6) is 0.150. The first-order valence-corrected chi connectivity index (χ1v) is 8.98. The average molecular weight is 332 g/mol. The van der Waals surface area contributed by atoms with E-state index in [-0.39, 0.29) is 5.91 Å². The molecule has 3 heteroatoms. The zero-order valence-corrected chi connectivity index (χ0v) is 15.2. The number of fused-ring (bicyclic) bond motifs is 3. The second-order valence-corrected chi connectivity index (χ2v) is 7.21. The lowest BCUT2D eigenvalue weighted by Crippen LogP contribution is -2.28. The summed E-state index contributed by atoms with van der Waals surface area (Å²) in [6.45, 7) is 5.85. The van der Waals surface area contributed by atoms with Gasteiger partial charge in [0.05, 0.1) is 5.52 Å². The molecule has 0 unspecified atom stereocenters. The molecule has 1 aromatic heterocycles. The largest absolute Gasteiger partial charge is 0.340 e. The van der Waals surface area contributed by atoms with Gasteiger partial charge in [0.1, 0.15) is 5.69 Å². The molecule has 2 heterocycles.